The van der Waals surface area contributed by atoms with E-state index in [-0.39, 0.29) is 23.3 Å². The Bertz CT molecular complexity index is 1140. The minimum Gasteiger partial charge on any atom is -0.490 e. The van der Waals surface area contributed by atoms with E-state index in [2.05, 4.69) is 16.6 Å². The Morgan fingerprint density at radius 1 is 1.19 bits per heavy atom. The van der Waals surface area contributed by atoms with Crippen molar-refractivity contribution in [3.63, 3.8) is 0 Å². The molecule has 0 radical (unpaired) electrons. The van der Waals surface area contributed by atoms with Crippen molar-refractivity contribution in [2.75, 3.05) is 28.1 Å². The molecule has 9 heteroatoms. The molecule has 0 aliphatic carbocycles. The van der Waals surface area contributed by atoms with Crippen LogP contribution in [0.15, 0.2) is 60.0 Å². The summed E-state index contributed by atoms with van der Waals surface area (Å²) in [5.41, 5.74) is 0.637. The van der Waals surface area contributed by atoms with Crippen LogP contribution in [-0.2, 0) is 19.6 Å². The fraction of sp³-hybridized carbons (Fsp3) is 0.304. The highest BCUT2D eigenvalue weighted by molar-refractivity contribution is 7.92. The molecule has 0 saturated heterocycles. The summed E-state index contributed by atoms with van der Waals surface area (Å²) in [5.74, 6) is 0.152. The third kappa shape index (κ3) is 4.94. The Morgan fingerprint density at radius 2 is 1.84 bits per heavy atom. The molecule has 8 nitrogen and oxygen atoms in total. The van der Waals surface area contributed by atoms with Crippen molar-refractivity contribution in [2.24, 2.45) is 5.41 Å². The molecule has 0 spiro atoms. The van der Waals surface area contributed by atoms with Gasteiger partial charge < -0.3 is 15.0 Å². The first-order chi connectivity index (χ1) is 15.1. The van der Waals surface area contributed by atoms with Crippen molar-refractivity contribution in [3.05, 3.63) is 55.1 Å². The first-order valence-corrected chi connectivity index (χ1v) is 11.7. The maximum atomic E-state index is 12.9. The molecule has 2 aromatic rings. The van der Waals surface area contributed by atoms with E-state index in [4.69, 9.17) is 4.74 Å². The van der Waals surface area contributed by atoms with Gasteiger partial charge in [0.05, 0.1) is 21.7 Å². The predicted molar refractivity (Wildman–Crippen MR) is 124 cm³/mol. The minimum atomic E-state index is -3.87. The third-order valence-electron chi connectivity index (χ3n) is 5.00. The van der Waals surface area contributed by atoms with Gasteiger partial charge >= 0.3 is 0 Å². The van der Waals surface area contributed by atoms with Crippen LogP contribution in [0.25, 0.3) is 0 Å². The van der Waals surface area contributed by atoms with Crippen LogP contribution in [0, 0.1) is 5.41 Å². The van der Waals surface area contributed by atoms with E-state index in [1.807, 2.05) is 0 Å². The van der Waals surface area contributed by atoms with E-state index in [1.54, 1.807) is 49.9 Å². The van der Waals surface area contributed by atoms with Crippen LogP contribution in [-0.4, -0.2) is 33.4 Å². The van der Waals surface area contributed by atoms with E-state index < -0.39 is 15.4 Å². The summed E-state index contributed by atoms with van der Waals surface area (Å²) >= 11 is 0. The van der Waals surface area contributed by atoms with Gasteiger partial charge in [-0.3, -0.25) is 14.3 Å². The lowest BCUT2D eigenvalue weighted by Crippen LogP contribution is -2.42. The zero-order chi connectivity index (χ0) is 23.5. The average Bonchev–Trinajstić information content (AvgIpc) is 2.84. The van der Waals surface area contributed by atoms with Crippen LogP contribution in [0.4, 0.5) is 17.1 Å². The number of sulfonamides is 1. The predicted octanol–water partition coefficient (Wildman–Crippen LogP) is 3.77. The molecule has 1 heterocycles. The van der Waals surface area contributed by atoms with Crippen LogP contribution in [0.2, 0.25) is 0 Å². The van der Waals surface area contributed by atoms with Crippen LogP contribution in [0.3, 0.4) is 0 Å². The van der Waals surface area contributed by atoms with Gasteiger partial charge in [0.1, 0.15) is 12.4 Å². The van der Waals surface area contributed by atoms with Gasteiger partial charge in [0, 0.05) is 24.7 Å². The monoisotopic (exact) mass is 457 g/mol. The summed E-state index contributed by atoms with van der Waals surface area (Å²) < 4.78 is 34.1. The van der Waals surface area contributed by atoms with Crippen LogP contribution in [0.5, 0.6) is 5.75 Å². The summed E-state index contributed by atoms with van der Waals surface area (Å²) in [6, 6.07) is 10.7. The van der Waals surface area contributed by atoms with Gasteiger partial charge in [0.15, 0.2) is 0 Å². The summed E-state index contributed by atoms with van der Waals surface area (Å²) in [5, 5.41) is 2.67. The fourth-order valence-electron chi connectivity index (χ4n) is 3.20. The van der Waals surface area contributed by atoms with Gasteiger partial charge in [0.25, 0.3) is 10.0 Å². The quantitative estimate of drug-likeness (QED) is 0.616. The number of hydrogen-bond acceptors (Lipinski definition) is 5. The molecule has 0 saturated carbocycles. The standard InChI is InChI=1S/C23H27N3O5S/c1-5-13-26-19-12-9-17(14-20(19)31-15-23(3,4)22(26)28)25-32(29,30)18-10-7-16(8-11-18)24-21(27)6-2/h5,7-12,14,25H,1,6,13,15H2,2-4H3,(H,24,27). The van der Waals surface area contributed by atoms with Crippen molar-refractivity contribution >= 4 is 38.9 Å². The topological polar surface area (TPSA) is 105 Å². The Labute approximate surface area is 188 Å². The molecule has 2 aromatic carbocycles. The molecule has 3 rings (SSSR count). The smallest absolute Gasteiger partial charge is 0.261 e. The highest BCUT2D eigenvalue weighted by Crippen LogP contribution is 2.38. The number of amides is 2. The fourth-order valence-corrected chi connectivity index (χ4v) is 4.25. The maximum absolute atomic E-state index is 12.9. The number of fused-ring (bicyclic) bond motifs is 1. The molecule has 170 valence electrons. The first kappa shape index (κ1) is 23.3. The SMILES string of the molecule is C=CCN1C(=O)C(C)(C)COc2cc(NS(=O)(=O)c3ccc(NC(=O)CC)cc3)ccc21. The zero-order valence-electron chi connectivity index (χ0n) is 18.3. The van der Waals surface area contributed by atoms with Crippen molar-refractivity contribution in [3.8, 4) is 5.75 Å². The van der Waals surface area contributed by atoms with Gasteiger partial charge in [0.2, 0.25) is 11.8 Å². The van der Waals surface area contributed by atoms with Crippen molar-refractivity contribution in [2.45, 2.75) is 32.1 Å². The summed E-state index contributed by atoms with van der Waals surface area (Å²) in [6.45, 7) is 9.52. The number of hydrogen-bond donors (Lipinski definition) is 2. The first-order valence-electron chi connectivity index (χ1n) is 10.2. The largest absolute Gasteiger partial charge is 0.490 e. The van der Waals surface area contributed by atoms with Crippen molar-refractivity contribution in [1.82, 2.24) is 0 Å². The number of ether oxygens (including phenoxy) is 1. The molecule has 0 atom stereocenters. The highest BCUT2D eigenvalue weighted by Gasteiger charge is 2.37. The molecule has 0 unspecified atom stereocenters. The summed E-state index contributed by atoms with van der Waals surface area (Å²) in [6.07, 6.45) is 1.96. The molecular weight excluding hydrogens is 430 g/mol. The number of benzene rings is 2. The van der Waals surface area contributed by atoms with Gasteiger partial charge in [-0.1, -0.05) is 13.0 Å². The van der Waals surface area contributed by atoms with Gasteiger partial charge in [-0.05, 0) is 50.2 Å². The van der Waals surface area contributed by atoms with Crippen molar-refractivity contribution < 1.29 is 22.7 Å². The number of nitrogens with one attached hydrogen (secondary N) is 2. The zero-order valence-corrected chi connectivity index (χ0v) is 19.2. The second kappa shape index (κ2) is 9.04. The lowest BCUT2D eigenvalue weighted by Gasteiger charge is -2.27. The molecule has 32 heavy (non-hydrogen) atoms. The summed E-state index contributed by atoms with van der Waals surface area (Å²) in [4.78, 5) is 26.0. The molecule has 2 N–H and O–H groups in total. The van der Waals surface area contributed by atoms with Crippen LogP contribution >= 0.6 is 0 Å². The molecule has 1 aliphatic heterocycles. The Morgan fingerprint density at radius 3 is 2.47 bits per heavy atom. The normalized spacial score (nSPS) is 15.2. The van der Waals surface area contributed by atoms with Crippen molar-refractivity contribution in [1.29, 1.82) is 0 Å². The van der Waals surface area contributed by atoms with Gasteiger partial charge in [-0.15, -0.1) is 6.58 Å². The van der Waals surface area contributed by atoms with E-state index in [1.165, 1.54) is 24.3 Å². The van der Waals surface area contributed by atoms with Gasteiger partial charge in [-0.25, -0.2) is 8.42 Å². The van der Waals surface area contributed by atoms with E-state index in [0.29, 0.717) is 35.8 Å². The second-order valence-corrected chi connectivity index (χ2v) is 9.77. The molecule has 0 aromatic heterocycles. The van der Waals surface area contributed by atoms with Gasteiger partial charge in [-0.2, -0.15) is 0 Å². The summed E-state index contributed by atoms with van der Waals surface area (Å²) in [7, 11) is -3.87. The van der Waals surface area contributed by atoms with E-state index in [0.717, 1.165) is 0 Å². The number of rotatable bonds is 7. The van der Waals surface area contributed by atoms with Crippen LogP contribution in [0.1, 0.15) is 27.2 Å². The number of carbonyl (C=O) groups is 2. The Kier molecular flexibility index (Phi) is 6.59. The molecule has 0 bridgehead atoms. The minimum absolute atomic E-state index is 0.0486. The number of anilines is 3. The van der Waals surface area contributed by atoms with E-state index in [9.17, 15) is 18.0 Å². The highest BCUT2D eigenvalue weighted by atomic mass is 32.2. The average molecular weight is 458 g/mol. The molecule has 2 amide bonds. The van der Waals surface area contributed by atoms with Crippen LogP contribution < -0.4 is 19.7 Å². The maximum Gasteiger partial charge on any atom is 0.261 e. The lowest BCUT2D eigenvalue weighted by molar-refractivity contribution is -0.127. The Hall–Kier alpha value is -3.33. The third-order valence-corrected chi connectivity index (χ3v) is 6.39. The second-order valence-electron chi connectivity index (χ2n) is 8.09. The number of carbonyl (C=O) groups excluding carboxylic acids is 2. The molecular formula is C23H27N3O5S. The molecule has 0 fully saturated rings. The lowest BCUT2D eigenvalue weighted by atomic mass is 9.93. The number of nitrogens with zero attached hydrogens (tertiary/aromatic N) is 1. The molecule has 1 aliphatic rings. The Balaban J connectivity index is 1.86. The van der Waals surface area contributed by atoms with E-state index >= 15 is 0 Å².